The van der Waals surface area contributed by atoms with Gasteiger partial charge >= 0.3 is 5.97 Å². The third kappa shape index (κ3) is 2.83. The van der Waals surface area contributed by atoms with Gasteiger partial charge in [0.15, 0.2) is 0 Å². The lowest BCUT2D eigenvalue weighted by Crippen LogP contribution is -2.58. The summed E-state index contributed by atoms with van der Waals surface area (Å²) >= 11 is 0. The van der Waals surface area contributed by atoms with Crippen LogP contribution in [0.25, 0.3) is 0 Å². The first-order chi connectivity index (χ1) is 9.89. The highest BCUT2D eigenvalue weighted by Crippen LogP contribution is 2.37. The van der Waals surface area contributed by atoms with Gasteiger partial charge in [-0.25, -0.2) is 4.79 Å². The molecule has 2 atom stereocenters. The molecule has 0 amide bonds. The van der Waals surface area contributed by atoms with Gasteiger partial charge in [0.1, 0.15) is 11.1 Å². The molecule has 2 saturated heterocycles. The van der Waals surface area contributed by atoms with E-state index >= 15 is 0 Å². The highest BCUT2D eigenvalue weighted by Gasteiger charge is 2.57. The van der Waals surface area contributed by atoms with Crippen LogP contribution in [0.1, 0.15) is 32.8 Å². The van der Waals surface area contributed by atoms with Crippen molar-refractivity contribution >= 4 is 5.97 Å². The van der Waals surface area contributed by atoms with Gasteiger partial charge in [-0.2, -0.15) is 0 Å². The van der Waals surface area contributed by atoms with Crippen LogP contribution in [0.3, 0.4) is 0 Å². The summed E-state index contributed by atoms with van der Waals surface area (Å²) in [4.78, 5) is 15.0. The zero-order valence-electron chi connectivity index (χ0n) is 13.1. The Hall–Kier alpha value is -1.39. The lowest BCUT2D eigenvalue weighted by Gasteiger charge is -2.38. The third-order valence-corrected chi connectivity index (χ3v) is 4.31. The molecule has 2 aliphatic rings. The molecule has 0 spiro atoms. The van der Waals surface area contributed by atoms with E-state index in [0.717, 1.165) is 19.5 Å². The molecule has 0 saturated carbocycles. The average Bonchev–Trinajstić information content (AvgIpc) is 2.97. The second kappa shape index (κ2) is 5.11. The zero-order valence-corrected chi connectivity index (χ0v) is 13.1. The molecule has 0 radical (unpaired) electrons. The van der Waals surface area contributed by atoms with Gasteiger partial charge in [0.25, 0.3) is 0 Å². The molecule has 1 aromatic rings. The van der Waals surface area contributed by atoms with E-state index < -0.39 is 11.1 Å². The van der Waals surface area contributed by atoms with Crippen LogP contribution in [0.4, 0.5) is 0 Å². The molecular weight excluding hydrogens is 264 g/mol. The summed E-state index contributed by atoms with van der Waals surface area (Å²) in [6, 6.07) is 10.7. The standard InChI is InChI=1S/C17H24N2O2/c1-16(2,3)21-15(20)17-9-14(18-12-17)11-19(17)10-13-7-5-4-6-8-13/h4-8,14,18H,9-12H2,1-3H3. The van der Waals surface area contributed by atoms with Crippen LogP contribution in [0.15, 0.2) is 30.3 Å². The van der Waals surface area contributed by atoms with Crippen molar-refractivity contribution in [3.05, 3.63) is 35.9 Å². The summed E-state index contributed by atoms with van der Waals surface area (Å²) in [5.41, 5.74) is 0.312. The number of carbonyl (C=O) groups excluding carboxylic acids is 1. The molecule has 2 unspecified atom stereocenters. The van der Waals surface area contributed by atoms with E-state index in [2.05, 4.69) is 22.3 Å². The van der Waals surface area contributed by atoms with Gasteiger partial charge in [0.05, 0.1) is 0 Å². The lowest BCUT2D eigenvalue weighted by atomic mass is 9.97. The maximum absolute atomic E-state index is 12.7. The summed E-state index contributed by atoms with van der Waals surface area (Å²) in [7, 11) is 0. The molecule has 2 heterocycles. The van der Waals surface area contributed by atoms with Gasteiger partial charge in [-0.15, -0.1) is 0 Å². The van der Waals surface area contributed by atoms with Crippen molar-refractivity contribution in [2.45, 2.75) is 50.9 Å². The van der Waals surface area contributed by atoms with Crippen molar-refractivity contribution in [2.75, 3.05) is 13.1 Å². The van der Waals surface area contributed by atoms with Gasteiger partial charge in [-0.05, 0) is 32.8 Å². The first-order valence-corrected chi connectivity index (χ1v) is 7.65. The second-order valence-electron chi connectivity index (χ2n) is 7.18. The number of piperazine rings is 1. The van der Waals surface area contributed by atoms with Crippen LogP contribution in [0, 0.1) is 0 Å². The highest BCUT2D eigenvalue weighted by atomic mass is 16.6. The number of fused-ring (bicyclic) bond motifs is 2. The Labute approximate surface area is 126 Å². The molecule has 3 rings (SSSR count). The molecule has 1 aromatic carbocycles. The molecule has 2 bridgehead atoms. The first-order valence-electron chi connectivity index (χ1n) is 7.65. The van der Waals surface area contributed by atoms with Crippen LogP contribution < -0.4 is 5.32 Å². The maximum Gasteiger partial charge on any atom is 0.328 e. The Morgan fingerprint density at radius 3 is 2.71 bits per heavy atom. The van der Waals surface area contributed by atoms with E-state index in [0.29, 0.717) is 12.6 Å². The van der Waals surface area contributed by atoms with Gasteiger partial charge in [0.2, 0.25) is 0 Å². The highest BCUT2D eigenvalue weighted by molar-refractivity contribution is 5.83. The molecule has 2 fully saturated rings. The van der Waals surface area contributed by atoms with Crippen molar-refractivity contribution in [3.63, 3.8) is 0 Å². The molecule has 4 nitrogen and oxygen atoms in total. The fourth-order valence-corrected chi connectivity index (χ4v) is 3.35. The Balaban J connectivity index is 1.79. The SMILES string of the molecule is CC(C)(C)OC(=O)C12CNC(CN1Cc1ccccc1)C2. The number of nitrogens with zero attached hydrogens (tertiary/aromatic N) is 1. The largest absolute Gasteiger partial charge is 0.459 e. The van der Waals surface area contributed by atoms with Gasteiger partial charge in [-0.3, -0.25) is 4.90 Å². The number of hydrogen-bond acceptors (Lipinski definition) is 4. The number of nitrogens with one attached hydrogen (secondary N) is 1. The predicted molar refractivity (Wildman–Crippen MR) is 81.8 cm³/mol. The van der Waals surface area contributed by atoms with Crippen molar-refractivity contribution in [3.8, 4) is 0 Å². The molecule has 4 heteroatoms. The lowest BCUT2D eigenvalue weighted by molar-refractivity contribution is -0.168. The molecule has 0 aliphatic carbocycles. The minimum absolute atomic E-state index is 0.0848. The number of rotatable bonds is 3. The van der Waals surface area contributed by atoms with Gasteiger partial charge in [-0.1, -0.05) is 30.3 Å². The fourth-order valence-electron chi connectivity index (χ4n) is 3.35. The summed E-state index contributed by atoms with van der Waals surface area (Å²) in [6.45, 7) is 8.19. The Morgan fingerprint density at radius 2 is 2.10 bits per heavy atom. The van der Waals surface area contributed by atoms with E-state index in [4.69, 9.17) is 4.74 Å². The normalized spacial score (nSPS) is 28.8. The summed E-state index contributed by atoms with van der Waals surface area (Å²) < 4.78 is 5.69. The number of benzene rings is 1. The molecular formula is C17H24N2O2. The number of likely N-dealkylation sites (tertiary alicyclic amines) is 1. The fraction of sp³-hybridized carbons (Fsp3) is 0.588. The minimum Gasteiger partial charge on any atom is -0.459 e. The van der Waals surface area contributed by atoms with E-state index in [-0.39, 0.29) is 5.97 Å². The van der Waals surface area contributed by atoms with Gasteiger partial charge < -0.3 is 10.1 Å². The third-order valence-electron chi connectivity index (χ3n) is 4.31. The van der Waals surface area contributed by atoms with Gasteiger partial charge in [0, 0.05) is 25.7 Å². The zero-order chi connectivity index (χ0) is 15.1. The summed E-state index contributed by atoms with van der Waals surface area (Å²) in [5, 5.41) is 3.44. The number of esters is 1. The molecule has 21 heavy (non-hydrogen) atoms. The number of hydrogen-bond donors (Lipinski definition) is 1. The molecule has 1 N–H and O–H groups in total. The average molecular weight is 288 g/mol. The van der Waals surface area contributed by atoms with Crippen LogP contribution in [0.5, 0.6) is 0 Å². The Bertz CT molecular complexity index is 523. The van der Waals surface area contributed by atoms with Crippen LogP contribution in [-0.2, 0) is 16.1 Å². The molecule has 114 valence electrons. The maximum atomic E-state index is 12.7. The van der Waals surface area contributed by atoms with E-state index in [9.17, 15) is 4.79 Å². The predicted octanol–water partition coefficient (Wildman–Crippen LogP) is 1.94. The van der Waals surface area contributed by atoms with Crippen molar-refractivity contribution in [1.82, 2.24) is 10.2 Å². The van der Waals surface area contributed by atoms with E-state index in [1.807, 2.05) is 39.0 Å². The van der Waals surface area contributed by atoms with Crippen LogP contribution in [0.2, 0.25) is 0 Å². The quantitative estimate of drug-likeness (QED) is 0.863. The Kier molecular flexibility index (Phi) is 3.54. The van der Waals surface area contributed by atoms with Crippen molar-refractivity contribution in [2.24, 2.45) is 0 Å². The summed E-state index contributed by atoms with van der Waals surface area (Å²) in [5.74, 6) is -0.0848. The Morgan fingerprint density at radius 1 is 1.38 bits per heavy atom. The van der Waals surface area contributed by atoms with E-state index in [1.165, 1.54) is 5.56 Å². The molecule has 0 aromatic heterocycles. The second-order valence-corrected chi connectivity index (χ2v) is 7.18. The van der Waals surface area contributed by atoms with Crippen molar-refractivity contribution in [1.29, 1.82) is 0 Å². The topological polar surface area (TPSA) is 41.6 Å². The van der Waals surface area contributed by atoms with Crippen molar-refractivity contribution < 1.29 is 9.53 Å². The smallest absolute Gasteiger partial charge is 0.328 e. The number of carbonyl (C=O) groups is 1. The number of ether oxygens (including phenoxy) is 1. The summed E-state index contributed by atoms with van der Waals surface area (Å²) in [6.07, 6.45) is 0.856. The van der Waals surface area contributed by atoms with Crippen LogP contribution in [-0.4, -0.2) is 41.1 Å². The minimum atomic E-state index is -0.492. The van der Waals surface area contributed by atoms with Crippen LogP contribution >= 0.6 is 0 Å². The van der Waals surface area contributed by atoms with E-state index in [1.54, 1.807) is 0 Å². The molecule has 2 aliphatic heterocycles. The monoisotopic (exact) mass is 288 g/mol. The first kappa shape index (κ1) is 14.5.